The van der Waals surface area contributed by atoms with Gasteiger partial charge in [0.25, 0.3) is 0 Å². The van der Waals surface area contributed by atoms with Crippen LogP contribution in [0.1, 0.15) is 54.7 Å². The lowest BCUT2D eigenvalue weighted by Crippen LogP contribution is -2.07. The van der Waals surface area contributed by atoms with E-state index >= 15 is 0 Å². The third-order valence-corrected chi connectivity index (χ3v) is 4.19. The van der Waals surface area contributed by atoms with Crippen LogP contribution in [0.25, 0.3) is 0 Å². The summed E-state index contributed by atoms with van der Waals surface area (Å²) in [6.07, 6.45) is 5.92. The Morgan fingerprint density at radius 1 is 0.810 bits per heavy atom. The summed E-state index contributed by atoms with van der Waals surface area (Å²) >= 11 is 0. The van der Waals surface area contributed by atoms with E-state index in [4.69, 9.17) is 0 Å². The first kappa shape index (κ1) is 13.9. The van der Waals surface area contributed by atoms with Gasteiger partial charge < -0.3 is 0 Å². The van der Waals surface area contributed by atoms with E-state index < -0.39 is 0 Å². The van der Waals surface area contributed by atoms with Crippen molar-refractivity contribution in [1.29, 1.82) is 0 Å². The van der Waals surface area contributed by atoms with Crippen molar-refractivity contribution in [2.24, 2.45) is 0 Å². The predicted molar refractivity (Wildman–Crippen MR) is 84.6 cm³/mol. The van der Waals surface area contributed by atoms with Crippen LogP contribution in [0, 0.1) is 17.7 Å². The minimum atomic E-state index is -0.118. The Morgan fingerprint density at radius 3 is 2.33 bits per heavy atom. The normalized spacial score (nSPS) is 15.3. The highest BCUT2D eigenvalue weighted by atomic mass is 19.1. The third-order valence-electron chi connectivity index (χ3n) is 4.19. The van der Waals surface area contributed by atoms with Gasteiger partial charge in [0.05, 0.1) is 5.56 Å². The highest BCUT2D eigenvalue weighted by Gasteiger charge is 2.19. The van der Waals surface area contributed by atoms with E-state index in [1.807, 2.05) is 42.5 Å². The van der Waals surface area contributed by atoms with Crippen LogP contribution in [0.2, 0.25) is 0 Å². The van der Waals surface area contributed by atoms with Gasteiger partial charge in [0.15, 0.2) is 0 Å². The van der Waals surface area contributed by atoms with Crippen LogP contribution in [0.3, 0.4) is 0 Å². The number of halogens is 1. The van der Waals surface area contributed by atoms with Crippen LogP contribution in [0.15, 0.2) is 48.5 Å². The molecule has 3 rings (SSSR count). The van der Waals surface area contributed by atoms with E-state index in [1.54, 1.807) is 6.07 Å². The van der Waals surface area contributed by atoms with Crippen molar-refractivity contribution in [2.75, 3.05) is 0 Å². The molecular formula is C20H19F. The summed E-state index contributed by atoms with van der Waals surface area (Å²) in [5, 5.41) is 0. The summed E-state index contributed by atoms with van der Waals surface area (Å²) in [5.41, 5.74) is 2.29. The van der Waals surface area contributed by atoms with E-state index in [0.717, 1.165) is 24.0 Å². The fraction of sp³-hybridized carbons (Fsp3) is 0.300. The van der Waals surface area contributed by atoms with Crippen LogP contribution in [0.5, 0.6) is 0 Å². The minimum absolute atomic E-state index is 0.118. The Kier molecular flexibility index (Phi) is 4.36. The van der Waals surface area contributed by atoms with Crippen molar-refractivity contribution in [3.63, 3.8) is 0 Å². The molecule has 0 aromatic heterocycles. The Hall–Kier alpha value is -2.07. The van der Waals surface area contributed by atoms with Crippen molar-refractivity contribution in [3.8, 4) is 11.8 Å². The second-order valence-electron chi connectivity index (χ2n) is 5.66. The zero-order valence-corrected chi connectivity index (χ0v) is 12.1. The molecular weight excluding hydrogens is 259 g/mol. The zero-order valence-electron chi connectivity index (χ0n) is 12.1. The van der Waals surface area contributed by atoms with Crippen molar-refractivity contribution in [1.82, 2.24) is 0 Å². The van der Waals surface area contributed by atoms with Gasteiger partial charge in [0.2, 0.25) is 0 Å². The number of benzene rings is 2. The summed E-state index contributed by atoms with van der Waals surface area (Å²) in [6.45, 7) is 0. The minimum Gasteiger partial charge on any atom is -0.205 e. The molecule has 0 atom stereocenters. The maximum absolute atomic E-state index is 14.7. The molecule has 21 heavy (non-hydrogen) atoms. The lowest BCUT2D eigenvalue weighted by Gasteiger charge is -2.22. The van der Waals surface area contributed by atoms with Crippen molar-refractivity contribution >= 4 is 0 Å². The molecule has 0 nitrogen and oxygen atoms in total. The van der Waals surface area contributed by atoms with Gasteiger partial charge in [0, 0.05) is 5.56 Å². The van der Waals surface area contributed by atoms with Gasteiger partial charge in [-0.3, -0.25) is 0 Å². The van der Waals surface area contributed by atoms with Crippen LogP contribution in [-0.2, 0) is 0 Å². The Labute approximate surface area is 126 Å². The highest BCUT2D eigenvalue weighted by molar-refractivity contribution is 5.45. The number of rotatable bonds is 1. The summed E-state index contributed by atoms with van der Waals surface area (Å²) < 4.78 is 14.7. The van der Waals surface area contributed by atoms with Gasteiger partial charge in [-0.05, 0) is 42.5 Å². The van der Waals surface area contributed by atoms with E-state index in [-0.39, 0.29) is 5.82 Å². The van der Waals surface area contributed by atoms with Crippen molar-refractivity contribution in [3.05, 3.63) is 71.0 Å². The zero-order chi connectivity index (χ0) is 14.5. The molecule has 0 bridgehead atoms. The van der Waals surface area contributed by atoms with Gasteiger partial charge in [-0.25, -0.2) is 4.39 Å². The topological polar surface area (TPSA) is 0 Å². The first-order valence-electron chi connectivity index (χ1n) is 7.70. The molecule has 1 saturated carbocycles. The first-order valence-corrected chi connectivity index (χ1v) is 7.70. The van der Waals surface area contributed by atoms with Gasteiger partial charge in [0.1, 0.15) is 5.82 Å². The van der Waals surface area contributed by atoms with Gasteiger partial charge in [-0.15, -0.1) is 0 Å². The van der Waals surface area contributed by atoms with Crippen molar-refractivity contribution in [2.45, 2.75) is 38.0 Å². The van der Waals surface area contributed by atoms with E-state index in [0.29, 0.717) is 11.5 Å². The van der Waals surface area contributed by atoms with Crippen LogP contribution >= 0.6 is 0 Å². The Balaban J connectivity index is 1.88. The van der Waals surface area contributed by atoms with Crippen LogP contribution < -0.4 is 0 Å². The third kappa shape index (κ3) is 3.34. The predicted octanol–water partition coefficient (Wildman–Crippen LogP) is 5.27. The number of hydrogen-bond acceptors (Lipinski definition) is 0. The Bertz CT molecular complexity index is 655. The average molecular weight is 278 g/mol. The maximum atomic E-state index is 14.7. The molecule has 2 aromatic carbocycles. The van der Waals surface area contributed by atoms with Crippen molar-refractivity contribution < 1.29 is 4.39 Å². The summed E-state index contributed by atoms with van der Waals surface area (Å²) in [6, 6.07) is 15.4. The molecule has 1 fully saturated rings. The quantitative estimate of drug-likeness (QED) is 0.623. The largest absolute Gasteiger partial charge is 0.205 e. The fourth-order valence-electron chi connectivity index (χ4n) is 3.04. The molecule has 0 aliphatic heterocycles. The molecule has 0 unspecified atom stereocenters. The molecule has 1 aliphatic rings. The molecule has 0 spiro atoms. The molecule has 0 N–H and O–H groups in total. The van der Waals surface area contributed by atoms with E-state index in [2.05, 4.69) is 11.8 Å². The SMILES string of the molecule is Fc1c(C#Cc2ccccc2)cccc1C1CCCCC1. The molecule has 0 heterocycles. The fourth-order valence-corrected chi connectivity index (χ4v) is 3.04. The summed E-state index contributed by atoms with van der Waals surface area (Å²) in [4.78, 5) is 0. The van der Waals surface area contributed by atoms with Gasteiger partial charge >= 0.3 is 0 Å². The summed E-state index contributed by atoms with van der Waals surface area (Å²) in [7, 11) is 0. The maximum Gasteiger partial charge on any atom is 0.142 e. The van der Waals surface area contributed by atoms with Gasteiger partial charge in [-0.1, -0.05) is 61.4 Å². The number of hydrogen-bond donors (Lipinski definition) is 0. The molecule has 106 valence electrons. The van der Waals surface area contributed by atoms with Crippen LogP contribution in [0.4, 0.5) is 4.39 Å². The van der Waals surface area contributed by atoms with Gasteiger partial charge in [-0.2, -0.15) is 0 Å². The monoisotopic (exact) mass is 278 g/mol. The highest BCUT2D eigenvalue weighted by Crippen LogP contribution is 2.34. The molecule has 0 radical (unpaired) electrons. The molecule has 2 aromatic rings. The molecule has 1 heteroatoms. The molecule has 1 aliphatic carbocycles. The second-order valence-corrected chi connectivity index (χ2v) is 5.66. The lowest BCUT2D eigenvalue weighted by atomic mass is 9.83. The van der Waals surface area contributed by atoms with E-state index in [1.165, 1.54) is 19.3 Å². The Morgan fingerprint density at radius 2 is 1.57 bits per heavy atom. The standard InChI is InChI=1S/C20H19F/c21-20-18(15-14-16-8-3-1-4-9-16)12-7-13-19(20)17-10-5-2-6-11-17/h1,3-4,7-9,12-13,17H,2,5-6,10-11H2. The molecule has 0 amide bonds. The average Bonchev–Trinajstić information content (AvgIpc) is 2.56. The smallest absolute Gasteiger partial charge is 0.142 e. The summed E-state index contributed by atoms with van der Waals surface area (Å²) in [5.74, 6) is 6.28. The van der Waals surface area contributed by atoms with Crippen LogP contribution in [-0.4, -0.2) is 0 Å². The first-order chi connectivity index (χ1) is 10.3. The molecule has 0 saturated heterocycles. The lowest BCUT2D eigenvalue weighted by molar-refractivity contribution is 0.429. The van der Waals surface area contributed by atoms with E-state index in [9.17, 15) is 4.39 Å². The second kappa shape index (κ2) is 6.59.